The second-order valence-corrected chi connectivity index (χ2v) is 6.73. The summed E-state index contributed by atoms with van der Waals surface area (Å²) in [4.78, 5) is 27.1. The summed E-state index contributed by atoms with van der Waals surface area (Å²) in [7, 11) is 0. The Labute approximate surface area is 149 Å². The normalized spacial score (nSPS) is 16.3. The number of para-hydroxylation sites is 1. The molecule has 1 heterocycles. The lowest BCUT2D eigenvalue weighted by Gasteiger charge is -2.38. The number of nitrogens with zero attached hydrogens (tertiary/aromatic N) is 1. The quantitative estimate of drug-likeness (QED) is 0.822. The van der Waals surface area contributed by atoms with Crippen LogP contribution in [0.25, 0.3) is 0 Å². The average Bonchev–Trinajstić information content (AvgIpc) is 2.63. The number of nitrogens with two attached hydrogens (primary N) is 1. The smallest absolute Gasteiger partial charge is 0.244 e. The molecule has 1 aliphatic heterocycles. The Morgan fingerprint density at radius 3 is 2.36 bits per heavy atom. The van der Waals surface area contributed by atoms with Crippen LogP contribution >= 0.6 is 0 Å². The maximum Gasteiger partial charge on any atom is 0.244 e. The lowest BCUT2D eigenvalue weighted by Crippen LogP contribution is -2.52. The molecule has 6 heteroatoms. The summed E-state index contributed by atoms with van der Waals surface area (Å²) in [5, 5.41) is 2.94. The number of hydrogen-bond acceptors (Lipinski definition) is 4. The largest absolute Gasteiger partial charge is 0.381 e. The Bertz CT molecular complexity index is 604. The fourth-order valence-corrected chi connectivity index (χ4v) is 3.29. The minimum atomic E-state index is -0.604. The first kappa shape index (κ1) is 19.4. The van der Waals surface area contributed by atoms with E-state index in [1.54, 1.807) is 4.90 Å². The van der Waals surface area contributed by atoms with Crippen molar-refractivity contribution in [1.29, 1.82) is 0 Å². The van der Waals surface area contributed by atoms with E-state index in [0.717, 1.165) is 16.8 Å². The van der Waals surface area contributed by atoms with Crippen molar-refractivity contribution in [2.45, 2.75) is 33.6 Å². The number of amides is 2. The Balaban J connectivity index is 2.08. The highest BCUT2D eigenvalue weighted by Gasteiger charge is 2.41. The van der Waals surface area contributed by atoms with E-state index in [1.165, 1.54) is 0 Å². The third-order valence-electron chi connectivity index (χ3n) is 5.04. The van der Waals surface area contributed by atoms with Crippen molar-refractivity contribution in [1.82, 2.24) is 4.90 Å². The van der Waals surface area contributed by atoms with E-state index in [1.807, 2.05) is 39.0 Å². The lowest BCUT2D eigenvalue weighted by atomic mass is 9.79. The first-order valence-electron chi connectivity index (χ1n) is 8.87. The average molecular weight is 347 g/mol. The topological polar surface area (TPSA) is 84.7 Å². The zero-order valence-electron chi connectivity index (χ0n) is 15.4. The lowest BCUT2D eigenvalue weighted by molar-refractivity contribution is -0.148. The van der Waals surface area contributed by atoms with Gasteiger partial charge in [-0.3, -0.25) is 9.59 Å². The predicted octanol–water partition coefficient (Wildman–Crippen LogP) is 1.85. The molecular formula is C19H29N3O3. The molecule has 138 valence electrons. The van der Waals surface area contributed by atoms with Crippen molar-refractivity contribution >= 4 is 17.5 Å². The SMILES string of the molecule is CCN(CC(=O)Nc1c(C)cccc1C)C(=O)C1(CN)CCOCC1. The van der Waals surface area contributed by atoms with E-state index in [0.29, 0.717) is 32.6 Å². The summed E-state index contributed by atoms with van der Waals surface area (Å²) >= 11 is 0. The van der Waals surface area contributed by atoms with Crippen LogP contribution in [0.15, 0.2) is 18.2 Å². The van der Waals surface area contributed by atoms with Gasteiger partial charge in [0, 0.05) is 32.0 Å². The molecule has 2 amide bonds. The van der Waals surface area contributed by atoms with Gasteiger partial charge in [-0.2, -0.15) is 0 Å². The van der Waals surface area contributed by atoms with Crippen LogP contribution in [0, 0.1) is 19.3 Å². The molecule has 0 aromatic heterocycles. The van der Waals surface area contributed by atoms with Gasteiger partial charge in [0.1, 0.15) is 0 Å². The molecule has 0 unspecified atom stereocenters. The van der Waals surface area contributed by atoms with Gasteiger partial charge in [-0.25, -0.2) is 0 Å². The second kappa shape index (κ2) is 8.45. The molecule has 0 aliphatic carbocycles. The Morgan fingerprint density at radius 2 is 1.84 bits per heavy atom. The van der Waals surface area contributed by atoms with Crippen molar-refractivity contribution in [3.63, 3.8) is 0 Å². The van der Waals surface area contributed by atoms with E-state index in [-0.39, 0.29) is 24.9 Å². The molecule has 25 heavy (non-hydrogen) atoms. The van der Waals surface area contributed by atoms with Gasteiger partial charge < -0.3 is 20.7 Å². The number of nitrogens with one attached hydrogen (secondary N) is 1. The van der Waals surface area contributed by atoms with Crippen molar-refractivity contribution in [3.8, 4) is 0 Å². The molecule has 0 atom stereocenters. The monoisotopic (exact) mass is 347 g/mol. The maximum absolute atomic E-state index is 13.0. The van der Waals surface area contributed by atoms with Crippen LogP contribution in [-0.4, -0.2) is 49.6 Å². The minimum absolute atomic E-state index is 0.0334. The van der Waals surface area contributed by atoms with E-state index in [9.17, 15) is 9.59 Å². The molecule has 0 spiro atoms. The number of ether oxygens (including phenoxy) is 1. The van der Waals surface area contributed by atoms with Crippen LogP contribution in [0.1, 0.15) is 30.9 Å². The van der Waals surface area contributed by atoms with Gasteiger partial charge >= 0.3 is 0 Å². The molecule has 6 nitrogen and oxygen atoms in total. The van der Waals surface area contributed by atoms with Crippen molar-refractivity contribution in [2.24, 2.45) is 11.1 Å². The van der Waals surface area contributed by atoms with E-state index in [4.69, 9.17) is 10.5 Å². The number of carbonyl (C=O) groups excluding carboxylic acids is 2. The third kappa shape index (κ3) is 4.38. The highest BCUT2D eigenvalue weighted by Crippen LogP contribution is 2.31. The van der Waals surface area contributed by atoms with Gasteiger partial charge in [0.05, 0.1) is 12.0 Å². The number of benzene rings is 1. The molecule has 1 aromatic carbocycles. The number of anilines is 1. The number of carbonyl (C=O) groups is 2. The summed E-state index contributed by atoms with van der Waals surface area (Å²) < 4.78 is 5.37. The molecule has 1 aliphatic rings. The molecule has 0 bridgehead atoms. The Morgan fingerprint density at radius 1 is 1.24 bits per heavy atom. The molecule has 1 fully saturated rings. The summed E-state index contributed by atoms with van der Waals surface area (Å²) in [5.41, 5.74) is 8.14. The van der Waals surface area contributed by atoms with Crippen LogP contribution in [0.3, 0.4) is 0 Å². The zero-order chi connectivity index (χ0) is 18.4. The summed E-state index contributed by atoms with van der Waals surface area (Å²) in [6.07, 6.45) is 1.22. The first-order valence-corrected chi connectivity index (χ1v) is 8.87. The van der Waals surface area contributed by atoms with Crippen LogP contribution in [-0.2, 0) is 14.3 Å². The van der Waals surface area contributed by atoms with Crippen LogP contribution in [0.5, 0.6) is 0 Å². The Kier molecular flexibility index (Phi) is 6.56. The number of hydrogen-bond donors (Lipinski definition) is 2. The number of rotatable bonds is 6. The van der Waals surface area contributed by atoms with Gasteiger partial charge in [-0.15, -0.1) is 0 Å². The number of likely N-dealkylation sites (N-methyl/N-ethyl adjacent to an activating group) is 1. The Hall–Kier alpha value is -1.92. The van der Waals surface area contributed by atoms with Crippen molar-refractivity contribution in [2.75, 3.05) is 38.2 Å². The second-order valence-electron chi connectivity index (χ2n) is 6.73. The standard InChI is InChI=1S/C19H29N3O3/c1-4-22(18(24)19(13-20)8-10-25-11-9-19)12-16(23)21-17-14(2)6-5-7-15(17)3/h5-7H,4,8-13,20H2,1-3H3,(H,21,23). The van der Waals surface area contributed by atoms with Crippen molar-refractivity contribution < 1.29 is 14.3 Å². The van der Waals surface area contributed by atoms with Gasteiger partial charge in [0.15, 0.2) is 0 Å². The highest BCUT2D eigenvalue weighted by molar-refractivity contribution is 5.96. The molecule has 3 N–H and O–H groups in total. The number of aryl methyl sites for hydroxylation is 2. The summed E-state index contributed by atoms with van der Waals surface area (Å²) in [6.45, 7) is 7.66. The van der Waals surface area contributed by atoms with E-state index in [2.05, 4.69) is 5.32 Å². The van der Waals surface area contributed by atoms with E-state index < -0.39 is 5.41 Å². The summed E-state index contributed by atoms with van der Waals surface area (Å²) in [6, 6.07) is 5.87. The van der Waals surface area contributed by atoms with Gasteiger partial charge in [-0.1, -0.05) is 18.2 Å². The fourth-order valence-electron chi connectivity index (χ4n) is 3.29. The molecule has 1 aromatic rings. The van der Waals surface area contributed by atoms with Gasteiger partial charge in [-0.05, 0) is 44.7 Å². The third-order valence-corrected chi connectivity index (χ3v) is 5.04. The summed E-state index contributed by atoms with van der Waals surface area (Å²) in [5.74, 6) is -0.232. The minimum Gasteiger partial charge on any atom is -0.381 e. The van der Waals surface area contributed by atoms with Crippen LogP contribution < -0.4 is 11.1 Å². The zero-order valence-corrected chi connectivity index (χ0v) is 15.4. The van der Waals surface area contributed by atoms with Gasteiger partial charge in [0.2, 0.25) is 11.8 Å². The molecule has 2 rings (SSSR count). The highest BCUT2D eigenvalue weighted by atomic mass is 16.5. The fraction of sp³-hybridized carbons (Fsp3) is 0.579. The molecule has 0 saturated carbocycles. The first-order chi connectivity index (χ1) is 11.9. The maximum atomic E-state index is 13.0. The van der Waals surface area contributed by atoms with Crippen LogP contribution in [0.2, 0.25) is 0 Å². The van der Waals surface area contributed by atoms with E-state index >= 15 is 0 Å². The van der Waals surface area contributed by atoms with Crippen molar-refractivity contribution in [3.05, 3.63) is 29.3 Å². The predicted molar refractivity (Wildman–Crippen MR) is 98.3 cm³/mol. The van der Waals surface area contributed by atoms with Crippen LogP contribution in [0.4, 0.5) is 5.69 Å². The molecule has 0 radical (unpaired) electrons. The van der Waals surface area contributed by atoms with Gasteiger partial charge in [0.25, 0.3) is 0 Å². The molecule has 1 saturated heterocycles. The molecular weight excluding hydrogens is 318 g/mol.